The minimum Gasteiger partial charge on any atom is -0.506 e. The van der Waals surface area contributed by atoms with Gasteiger partial charge in [-0.1, -0.05) is 42.5 Å². The molecule has 0 fully saturated rings. The molecule has 3 aromatic carbocycles. The zero-order valence-electron chi connectivity index (χ0n) is 11.1. The van der Waals surface area contributed by atoms with Crippen LogP contribution in [0.4, 0.5) is 11.4 Å². The Bertz CT molecular complexity index is 794. The molecule has 0 bridgehead atoms. The van der Waals surface area contributed by atoms with E-state index in [-0.39, 0.29) is 5.75 Å². The first-order chi connectivity index (χ1) is 9.74. The number of aryl methyl sites for hydroxylation is 1. The minimum absolute atomic E-state index is 0.140. The van der Waals surface area contributed by atoms with Crippen LogP contribution in [0.1, 0.15) is 5.56 Å². The Morgan fingerprint density at radius 1 is 0.750 bits per heavy atom. The first-order valence-electron chi connectivity index (χ1n) is 6.43. The van der Waals surface area contributed by atoms with Crippen molar-refractivity contribution < 1.29 is 5.11 Å². The third-order valence-corrected chi connectivity index (χ3v) is 3.22. The summed E-state index contributed by atoms with van der Waals surface area (Å²) >= 11 is 0. The van der Waals surface area contributed by atoms with Crippen LogP contribution in [0.25, 0.3) is 10.8 Å². The summed E-state index contributed by atoms with van der Waals surface area (Å²) in [5.74, 6) is 0.140. The Hall–Kier alpha value is -2.68. The summed E-state index contributed by atoms with van der Waals surface area (Å²) in [6.07, 6.45) is 0. The fourth-order valence-corrected chi connectivity index (χ4v) is 2.08. The number of aromatic hydroxyl groups is 1. The Balaban J connectivity index is 2.02. The molecule has 0 heterocycles. The van der Waals surface area contributed by atoms with Crippen LogP contribution in [0.15, 0.2) is 70.9 Å². The Morgan fingerprint density at radius 2 is 1.35 bits per heavy atom. The van der Waals surface area contributed by atoms with Crippen LogP contribution in [0.5, 0.6) is 5.75 Å². The van der Waals surface area contributed by atoms with E-state index < -0.39 is 0 Å². The van der Waals surface area contributed by atoms with Gasteiger partial charge in [0, 0.05) is 0 Å². The Labute approximate surface area is 117 Å². The van der Waals surface area contributed by atoms with Crippen LogP contribution in [-0.2, 0) is 0 Å². The molecule has 1 N–H and O–H groups in total. The molecule has 98 valence electrons. The van der Waals surface area contributed by atoms with Gasteiger partial charge in [-0.25, -0.2) is 0 Å². The van der Waals surface area contributed by atoms with Crippen molar-refractivity contribution in [3.63, 3.8) is 0 Å². The largest absolute Gasteiger partial charge is 0.506 e. The molecule has 0 aliphatic carbocycles. The number of hydrogen-bond donors (Lipinski definition) is 1. The maximum absolute atomic E-state index is 10.0. The van der Waals surface area contributed by atoms with Crippen molar-refractivity contribution in [1.29, 1.82) is 0 Å². The molecule has 3 heteroatoms. The summed E-state index contributed by atoms with van der Waals surface area (Å²) in [6.45, 7) is 1.98. The van der Waals surface area contributed by atoms with Crippen molar-refractivity contribution in [3.8, 4) is 5.75 Å². The molecule has 3 nitrogen and oxygen atoms in total. The predicted molar refractivity (Wildman–Crippen MR) is 81.0 cm³/mol. The van der Waals surface area contributed by atoms with E-state index in [1.807, 2.05) is 61.5 Å². The smallest absolute Gasteiger partial charge is 0.143 e. The van der Waals surface area contributed by atoms with Crippen molar-refractivity contribution in [3.05, 3.63) is 66.2 Å². The van der Waals surface area contributed by atoms with E-state index in [1.54, 1.807) is 6.07 Å². The lowest BCUT2D eigenvalue weighted by molar-refractivity contribution is 0.477. The SMILES string of the molecule is Cc1ccccc1N=Nc1cc2ccccc2cc1O. The highest BCUT2D eigenvalue weighted by atomic mass is 16.3. The highest BCUT2D eigenvalue weighted by Gasteiger charge is 2.03. The molecule has 0 aromatic heterocycles. The molecule has 0 amide bonds. The zero-order chi connectivity index (χ0) is 13.9. The van der Waals surface area contributed by atoms with Crippen LogP contribution < -0.4 is 0 Å². The molecule has 3 rings (SSSR count). The maximum Gasteiger partial charge on any atom is 0.143 e. The van der Waals surface area contributed by atoms with Crippen molar-refractivity contribution >= 4 is 22.1 Å². The molecule has 0 unspecified atom stereocenters. The standard InChI is InChI=1S/C17H14N2O/c1-12-6-2-5-9-15(12)18-19-16-10-13-7-3-4-8-14(13)11-17(16)20/h2-11,20H,1H3. The normalized spacial score (nSPS) is 11.2. The van der Waals surface area contributed by atoms with E-state index in [1.165, 1.54) is 0 Å². The molecule has 0 radical (unpaired) electrons. The second-order valence-corrected chi connectivity index (χ2v) is 4.67. The molecule has 20 heavy (non-hydrogen) atoms. The van der Waals surface area contributed by atoms with E-state index in [2.05, 4.69) is 10.2 Å². The average molecular weight is 262 g/mol. The van der Waals surface area contributed by atoms with Gasteiger partial charge >= 0.3 is 0 Å². The van der Waals surface area contributed by atoms with Gasteiger partial charge in [0.15, 0.2) is 0 Å². The molecule has 0 spiro atoms. The van der Waals surface area contributed by atoms with Crippen LogP contribution in [-0.4, -0.2) is 5.11 Å². The maximum atomic E-state index is 10.0. The summed E-state index contributed by atoms with van der Waals surface area (Å²) in [4.78, 5) is 0. The first kappa shape index (κ1) is 12.4. The molecule has 0 atom stereocenters. The molecule has 0 aliphatic heterocycles. The van der Waals surface area contributed by atoms with Crippen LogP contribution >= 0.6 is 0 Å². The van der Waals surface area contributed by atoms with Gasteiger partial charge in [0.25, 0.3) is 0 Å². The third-order valence-electron chi connectivity index (χ3n) is 3.22. The number of hydrogen-bond acceptors (Lipinski definition) is 3. The molecule has 3 aromatic rings. The second-order valence-electron chi connectivity index (χ2n) is 4.67. The quantitative estimate of drug-likeness (QED) is 0.628. The lowest BCUT2D eigenvalue weighted by atomic mass is 10.1. The van der Waals surface area contributed by atoms with Gasteiger partial charge in [0.2, 0.25) is 0 Å². The van der Waals surface area contributed by atoms with Crippen molar-refractivity contribution in [1.82, 2.24) is 0 Å². The number of nitrogens with zero attached hydrogens (tertiary/aromatic N) is 2. The van der Waals surface area contributed by atoms with Crippen molar-refractivity contribution in [2.24, 2.45) is 10.2 Å². The van der Waals surface area contributed by atoms with Gasteiger partial charge < -0.3 is 5.11 Å². The summed E-state index contributed by atoms with van der Waals surface area (Å²) in [5, 5.41) is 20.4. The second kappa shape index (κ2) is 5.13. The van der Waals surface area contributed by atoms with Gasteiger partial charge in [-0.2, -0.15) is 5.11 Å². The lowest BCUT2D eigenvalue weighted by Gasteiger charge is -2.02. The summed E-state index contributed by atoms with van der Waals surface area (Å²) in [6, 6.07) is 19.2. The fourth-order valence-electron chi connectivity index (χ4n) is 2.08. The van der Waals surface area contributed by atoms with Crippen LogP contribution in [0, 0.1) is 6.92 Å². The van der Waals surface area contributed by atoms with E-state index in [0.29, 0.717) is 5.69 Å². The van der Waals surface area contributed by atoms with Gasteiger partial charge in [-0.3, -0.25) is 0 Å². The van der Waals surface area contributed by atoms with E-state index >= 15 is 0 Å². The predicted octanol–water partition coefficient (Wildman–Crippen LogP) is 5.27. The summed E-state index contributed by atoms with van der Waals surface area (Å²) in [5.41, 5.74) is 2.34. The average Bonchev–Trinajstić information content (AvgIpc) is 2.46. The van der Waals surface area contributed by atoms with E-state index in [4.69, 9.17) is 0 Å². The molecular weight excluding hydrogens is 248 g/mol. The molecule has 0 saturated heterocycles. The van der Waals surface area contributed by atoms with Gasteiger partial charge in [-0.05, 0) is 41.5 Å². The highest BCUT2D eigenvalue weighted by Crippen LogP contribution is 2.33. The van der Waals surface area contributed by atoms with E-state index in [9.17, 15) is 5.11 Å². The summed E-state index contributed by atoms with van der Waals surface area (Å²) < 4.78 is 0. The molecule has 0 saturated carbocycles. The number of azo groups is 1. The monoisotopic (exact) mass is 262 g/mol. The number of phenolic OH excluding ortho intramolecular Hbond substituents is 1. The number of benzene rings is 3. The Kier molecular flexibility index (Phi) is 3.17. The molecule has 0 aliphatic rings. The number of fused-ring (bicyclic) bond motifs is 1. The lowest BCUT2D eigenvalue weighted by Crippen LogP contribution is -1.74. The van der Waals surface area contributed by atoms with E-state index in [0.717, 1.165) is 22.0 Å². The van der Waals surface area contributed by atoms with Crippen molar-refractivity contribution in [2.45, 2.75) is 6.92 Å². The molecular formula is C17H14N2O. The van der Waals surface area contributed by atoms with Crippen LogP contribution in [0.2, 0.25) is 0 Å². The van der Waals surface area contributed by atoms with Gasteiger partial charge in [0.1, 0.15) is 11.4 Å². The van der Waals surface area contributed by atoms with Gasteiger partial charge in [0.05, 0.1) is 5.69 Å². The van der Waals surface area contributed by atoms with Crippen molar-refractivity contribution in [2.75, 3.05) is 0 Å². The highest BCUT2D eigenvalue weighted by molar-refractivity contribution is 5.87. The fraction of sp³-hybridized carbons (Fsp3) is 0.0588. The van der Waals surface area contributed by atoms with Crippen LogP contribution in [0.3, 0.4) is 0 Å². The zero-order valence-corrected chi connectivity index (χ0v) is 11.1. The number of rotatable bonds is 2. The first-order valence-corrected chi connectivity index (χ1v) is 6.43. The number of phenols is 1. The Morgan fingerprint density at radius 3 is 2.10 bits per heavy atom. The third kappa shape index (κ3) is 2.38. The minimum atomic E-state index is 0.140. The van der Waals surface area contributed by atoms with Gasteiger partial charge in [-0.15, -0.1) is 5.11 Å². The topological polar surface area (TPSA) is 45.0 Å². The summed E-state index contributed by atoms with van der Waals surface area (Å²) in [7, 11) is 0.